The first-order valence-corrected chi connectivity index (χ1v) is 13.0. The molecule has 0 aliphatic carbocycles. The van der Waals surface area contributed by atoms with E-state index in [0.29, 0.717) is 24.5 Å². The quantitative estimate of drug-likeness (QED) is 0.390. The highest BCUT2D eigenvalue weighted by atomic mass is 32.1. The van der Waals surface area contributed by atoms with E-state index in [0.717, 1.165) is 12.0 Å². The largest absolute Gasteiger partial charge is 0.497 e. The molecule has 2 amide bonds. The molecule has 0 radical (unpaired) electrons. The Kier molecular flexibility index (Phi) is 8.25. The molecular weight excluding hydrogens is 479 g/mol. The molecule has 0 spiro atoms. The Bertz CT molecular complexity index is 1210. The van der Waals surface area contributed by atoms with Crippen molar-refractivity contribution in [1.82, 2.24) is 9.80 Å². The van der Waals surface area contributed by atoms with Gasteiger partial charge >= 0.3 is 0 Å². The SMILES string of the molecule is CC[C@@H](C)N(CC(=O)N1CCc2sccc2[C@H]1COc1cccc(OC)c1)C(=O)c1ccccc1F. The number of thiophene rings is 1. The van der Waals surface area contributed by atoms with Crippen LogP contribution in [0.3, 0.4) is 0 Å². The predicted molar refractivity (Wildman–Crippen MR) is 138 cm³/mol. The third kappa shape index (κ3) is 5.54. The zero-order valence-corrected chi connectivity index (χ0v) is 21.6. The first-order chi connectivity index (χ1) is 17.4. The van der Waals surface area contributed by atoms with Crippen LogP contribution in [0.5, 0.6) is 11.5 Å². The highest BCUT2D eigenvalue weighted by Gasteiger charge is 2.34. The number of hydrogen-bond acceptors (Lipinski definition) is 5. The number of halogens is 1. The van der Waals surface area contributed by atoms with Crippen LogP contribution in [0.4, 0.5) is 4.39 Å². The van der Waals surface area contributed by atoms with Crippen molar-refractivity contribution in [1.29, 1.82) is 0 Å². The van der Waals surface area contributed by atoms with Gasteiger partial charge in [-0.05, 0) is 61.0 Å². The maximum absolute atomic E-state index is 14.4. The highest BCUT2D eigenvalue weighted by molar-refractivity contribution is 7.10. The Balaban J connectivity index is 1.56. The minimum atomic E-state index is -0.589. The Morgan fingerprint density at radius 3 is 2.69 bits per heavy atom. The molecule has 190 valence electrons. The molecule has 4 rings (SSSR count). The summed E-state index contributed by atoms with van der Waals surface area (Å²) in [6.45, 7) is 4.49. The summed E-state index contributed by atoms with van der Waals surface area (Å²) in [5.41, 5.74) is 1.04. The number of amides is 2. The van der Waals surface area contributed by atoms with E-state index in [1.54, 1.807) is 41.5 Å². The van der Waals surface area contributed by atoms with E-state index in [1.165, 1.54) is 21.9 Å². The van der Waals surface area contributed by atoms with E-state index in [4.69, 9.17) is 9.47 Å². The number of hydrogen-bond donors (Lipinski definition) is 0. The van der Waals surface area contributed by atoms with Crippen molar-refractivity contribution in [3.05, 3.63) is 81.8 Å². The van der Waals surface area contributed by atoms with Crippen molar-refractivity contribution in [3.63, 3.8) is 0 Å². The van der Waals surface area contributed by atoms with Gasteiger partial charge in [-0.1, -0.05) is 25.1 Å². The third-order valence-electron chi connectivity index (χ3n) is 6.66. The van der Waals surface area contributed by atoms with Gasteiger partial charge in [-0.25, -0.2) is 4.39 Å². The minimum absolute atomic E-state index is 0.0257. The molecule has 36 heavy (non-hydrogen) atoms. The smallest absolute Gasteiger partial charge is 0.257 e. The van der Waals surface area contributed by atoms with Crippen LogP contribution in [0.25, 0.3) is 0 Å². The van der Waals surface area contributed by atoms with Crippen LogP contribution in [0.2, 0.25) is 0 Å². The molecule has 8 heteroatoms. The van der Waals surface area contributed by atoms with Crippen LogP contribution in [-0.4, -0.2) is 54.5 Å². The van der Waals surface area contributed by atoms with Gasteiger partial charge in [0.05, 0.1) is 18.7 Å². The second kappa shape index (κ2) is 11.6. The molecule has 2 atom stereocenters. The summed E-state index contributed by atoms with van der Waals surface area (Å²) in [6, 6.07) is 14.8. The topological polar surface area (TPSA) is 59.1 Å². The van der Waals surface area contributed by atoms with Crippen molar-refractivity contribution in [2.45, 2.75) is 38.8 Å². The highest BCUT2D eigenvalue weighted by Crippen LogP contribution is 2.34. The van der Waals surface area contributed by atoms with Crippen LogP contribution < -0.4 is 9.47 Å². The summed E-state index contributed by atoms with van der Waals surface area (Å²) in [5.74, 6) is 0.0919. The van der Waals surface area contributed by atoms with Gasteiger partial charge in [0.2, 0.25) is 5.91 Å². The monoisotopic (exact) mass is 510 g/mol. The number of methoxy groups -OCH3 is 1. The van der Waals surface area contributed by atoms with Crippen molar-refractivity contribution in [3.8, 4) is 11.5 Å². The van der Waals surface area contributed by atoms with E-state index in [9.17, 15) is 14.0 Å². The van der Waals surface area contributed by atoms with Gasteiger partial charge in [-0.2, -0.15) is 0 Å². The summed E-state index contributed by atoms with van der Waals surface area (Å²) in [4.78, 5) is 31.4. The van der Waals surface area contributed by atoms with E-state index < -0.39 is 11.7 Å². The average molecular weight is 511 g/mol. The standard InChI is InChI=1S/C28H31FN2O4S/c1-4-19(2)31(28(33)22-10-5-6-11-24(22)29)17-27(32)30-14-12-26-23(13-15-36-26)25(30)18-35-21-9-7-8-20(16-21)34-3/h5-11,13,15-16,19,25H,4,12,14,17-18H2,1-3H3/t19-,25-/m1/s1. The van der Waals surface area contributed by atoms with Crippen LogP contribution in [0, 0.1) is 5.82 Å². The van der Waals surface area contributed by atoms with Gasteiger partial charge in [-0.3, -0.25) is 9.59 Å². The molecule has 3 aromatic rings. The Morgan fingerprint density at radius 2 is 1.94 bits per heavy atom. The van der Waals surface area contributed by atoms with E-state index in [2.05, 4.69) is 0 Å². The summed E-state index contributed by atoms with van der Waals surface area (Å²) in [6.07, 6.45) is 1.39. The molecule has 0 N–H and O–H groups in total. The maximum atomic E-state index is 14.4. The van der Waals surface area contributed by atoms with Crippen molar-refractivity contribution < 1.29 is 23.5 Å². The Labute approximate surface area is 215 Å². The first-order valence-electron chi connectivity index (χ1n) is 12.1. The zero-order valence-electron chi connectivity index (χ0n) is 20.8. The lowest BCUT2D eigenvalue weighted by Gasteiger charge is -2.38. The van der Waals surface area contributed by atoms with Crippen LogP contribution >= 0.6 is 11.3 Å². The molecule has 1 aromatic heterocycles. The summed E-state index contributed by atoms with van der Waals surface area (Å²) in [7, 11) is 1.60. The normalized spacial score (nSPS) is 15.7. The molecule has 0 unspecified atom stereocenters. The van der Waals surface area contributed by atoms with Gasteiger partial charge in [-0.15, -0.1) is 11.3 Å². The van der Waals surface area contributed by atoms with Crippen LogP contribution in [-0.2, 0) is 11.2 Å². The lowest BCUT2D eigenvalue weighted by Crippen LogP contribution is -2.50. The summed E-state index contributed by atoms with van der Waals surface area (Å²) in [5, 5.41) is 2.03. The minimum Gasteiger partial charge on any atom is -0.497 e. The van der Waals surface area contributed by atoms with Crippen molar-refractivity contribution in [2.24, 2.45) is 0 Å². The average Bonchev–Trinajstić information content (AvgIpc) is 3.39. The van der Waals surface area contributed by atoms with Gasteiger partial charge in [0, 0.05) is 23.5 Å². The van der Waals surface area contributed by atoms with E-state index in [-0.39, 0.29) is 36.7 Å². The second-order valence-electron chi connectivity index (χ2n) is 8.81. The van der Waals surface area contributed by atoms with Gasteiger partial charge in [0.15, 0.2) is 0 Å². The van der Waals surface area contributed by atoms with Crippen LogP contribution in [0.15, 0.2) is 60.0 Å². The first kappa shape index (κ1) is 25.7. The van der Waals surface area contributed by atoms with Crippen molar-refractivity contribution in [2.75, 3.05) is 26.8 Å². The summed E-state index contributed by atoms with van der Waals surface area (Å²) >= 11 is 1.68. The fourth-order valence-corrected chi connectivity index (χ4v) is 5.34. The Morgan fingerprint density at radius 1 is 1.17 bits per heavy atom. The van der Waals surface area contributed by atoms with Gasteiger partial charge < -0.3 is 19.3 Å². The molecule has 2 heterocycles. The number of rotatable bonds is 9. The maximum Gasteiger partial charge on any atom is 0.257 e. The molecule has 0 saturated heterocycles. The molecule has 0 bridgehead atoms. The molecule has 0 fully saturated rings. The number of nitrogens with zero attached hydrogens (tertiary/aromatic N) is 2. The lowest BCUT2D eigenvalue weighted by atomic mass is 10.00. The number of benzene rings is 2. The number of fused-ring (bicyclic) bond motifs is 1. The van der Waals surface area contributed by atoms with Crippen molar-refractivity contribution >= 4 is 23.2 Å². The van der Waals surface area contributed by atoms with E-state index in [1.807, 2.05) is 43.5 Å². The Hall–Kier alpha value is -3.39. The third-order valence-corrected chi connectivity index (χ3v) is 7.65. The van der Waals surface area contributed by atoms with Gasteiger partial charge in [0.25, 0.3) is 5.91 Å². The molecule has 0 saturated carbocycles. The predicted octanol–water partition coefficient (Wildman–Crippen LogP) is 5.34. The number of carbonyl (C=O) groups excluding carboxylic acids is 2. The molecular formula is C28H31FN2O4S. The van der Waals surface area contributed by atoms with E-state index >= 15 is 0 Å². The molecule has 1 aliphatic rings. The number of carbonyl (C=O) groups is 2. The fraction of sp³-hybridized carbons (Fsp3) is 0.357. The molecule has 6 nitrogen and oxygen atoms in total. The zero-order chi connectivity index (χ0) is 25.7. The number of ether oxygens (including phenoxy) is 2. The fourth-order valence-electron chi connectivity index (χ4n) is 4.41. The van der Waals surface area contributed by atoms with Gasteiger partial charge in [0.1, 0.15) is 30.5 Å². The molecule has 1 aliphatic heterocycles. The second-order valence-corrected chi connectivity index (χ2v) is 9.81. The lowest BCUT2D eigenvalue weighted by molar-refractivity contribution is -0.136. The summed E-state index contributed by atoms with van der Waals surface area (Å²) < 4.78 is 25.8. The molecule has 2 aromatic carbocycles. The van der Waals surface area contributed by atoms with Crippen LogP contribution in [0.1, 0.15) is 47.1 Å².